The first-order valence-electron chi connectivity index (χ1n) is 9.44. The zero-order valence-electron chi connectivity index (χ0n) is 16.6. The number of nitrogens with zero attached hydrogens (tertiary/aromatic N) is 1. The molecule has 160 valence electrons. The lowest BCUT2D eigenvalue weighted by Gasteiger charge is -2.27. The number of methoxy groups -OCH3 is 1. The van der Waals surface area contributed by atoms with Crippen LogP contribution in [-0.2, 0) is 4.74 Å². The predicted octanol–water partition coefficient (Wildman–Crippen LogP) is 1.43. The number of hydrogen-bond donors (Lipinski definition) is 2. The van der Waals surface area contributed by atoms with Gasteiger partial charge in [-0.1, -0.05) is 12.1 Å². The van der Waals surface area contributed by atoms with Crippen molar-refractivity contribution in [3.63, 3.8) is 0 Å². The molecular weight excluding hydrogens is 392 g/mol. The summed E-state index contributed by atoms with van der Waals surface area (Å²) in [7, 11) is 1.49. The minimum atomic E-state index is -0.787. The maximum Gasteiger partial charge on any atom is 0.254 e. The van der Waals surface area contributed by atoms with Crippen LogP contribution in [0.5, 0.6) is 23.0 Å². The monoisotopic (exact) mass is 416 g/mol. The Bertz CT molecular complexity index is 910. The van der Waals surface area contributed by atoms with Crippen molar-refractivity contribution < 1.29 is 33.6 Å². The number of aliphatic hydroxyl groups is 1. The summed E-state index contributed by atoms with van der Waals surface area (Å²) in [5.41, 5.74) is 5.79. The number of hydrogen-bond acceptors (Lipinski definition) is 7. The van der Waals surface area contributed by atoms with Crippen LogP contribution in [0.4, 0.5) is 0 Å². The number of para-hydroxylation sites is 2. The van der Waals surface area contributed by atoms with Crippen LogP contribution in [0.3, 0.4) is 0 Å². The van der Waals surface area contributed by atoms with Crippen molar-refractivity contribution in [2.45, 2.75) is 0 Å². The Hall–Kier alpha value is -3.30. The van der Waals surface area contributed by atoms with Crippen LogP contribution in [-0.4, -0.2) is 68.4 Å². The van der Waals surface area contributed by atoms with Crippen LogP contribution in [0.2, 0.25) is 0 Å². The molecule has 1 saturated heterocycles. The van der Waals surface area contributed by atoms with Gasteiger partial charge in [0.05, 0.1) is 32.5 Å². The molecule has 0 saturated carbocycles. The Morgan fingerprint density at radius 2 is 1.83 bits per heavy atom. The largest absolute Gasteiger partial charge is 0.493 e. The second-order valence-corrected chi connectivity index (χ2v) is 6.44. The van der Waals surface area contributed by atoms with Crippen molar-refractivity contribution in [2.24, 2.45) is 5.73 Å². The highest BCUT2D eigenvalue weighted by molar-refractivity contribution is 6.02. The van der Waals surface area contributed by atoms with E-state index >= 15 is 0 Å². The molecule has 1 fully saturated rings. The van der Waals surface area contributed by atoms with Crippen LogP contribution in [0.25, 0.3) is 0 Å². The lowest BCUT2D eigenvalue weighted by atomic mass is 10.1. The Balaban J connectivity index is 2.05. The van der Waals surface area contributed by atoms with E-state index < -0.39 is 5.91 Å². The lowest BCUT2D eigenvalue weighted by Crippen LogP contribution is -2.40. The predicted molar refractivity (Wildman–Crippen MR) is 107 cm³/mol. The first kappa shape index (κ1) is 21.4. The molecule has 3 N–H and O–H groups in total. The number of morpholine rings is 1. The fraction of sp³-hybridized carbons (Fsp3) is 0.333. The van der Waals surface area contributed by atoms with Gasteiger partial charge in [0.1, 0.15) is 6.61 Å². The molecule has 3 rings (SSSR count). The second kappa shape index (κ2) is 9.95. The van der Waals surface area contributed by atoms with Crippen molar-refractivity contribution in [1.29, 1.82) is 0 Å². The van der Waals surface area contributed by atoms with E-state index in [1.54, 1.807) is 29.2 Å². The third-order valence-corrected chi connectivity index (χ3v) is 4.50. The number of amides is 2. The summed E-state index contributed by atoms with van der Waals surface area (Å²) in [6, 6.07) is 9.73. The summed E-state index contributed by atoms with van der Waals surface area (Å²) in [6.45, 7) is 1.44. The molecule has 9 heteroatoms. The summed E-state index contributed by atoms with van der Waals surface area (Å²) in [5.74, 6) is -0.135. The first-order chi connectivity index (χ1) is 14.5. The van der Waals surface area contributed by atoms with Crippen LogP contribution >= 0.6 is 0 Å². The van der Waals surface area contributed by atoms with E-state index in [9.17, 15) is 14.7 Å². The molecule has 0 spiro atoms. The quantitative estimate of drug-likeness (QED) is 0.668. The molecule has 0 bridgehead atoms. The molecule has 2 aromatic carbocycles. The smallest absolute Gasteiger partial charge is 0.254 e. The standard InChI is InChI=1S/C21H24N2O7/c1-27-16-4-2-3-5-17(16)30-19-15(20(22)25)12-14(13-18(19)29-11-8-24)21(26)23-6-9-28-10-7-23/h2-5,12-13,24H,6-11H2,1H3,(H2,22,25). The number of aliphatic hydroxyl groups excluding tert-OH is 1. The maximum atomic E-state index is 12.9. The molecule has 1 aliphatic heterocycles. The van der Waals surface area contributed by atoms with Crippen LogP contribution in [0.1, 0.15) is 20.7 Å². The third-order valence-electron chi connectivity index (χ3n) is 4.50. The molecule has 30 heavy (non-hydrogen) atoms. The molecule has 0 aliphatic carbocycles. The number of benzene rings is 2. The van der Waals surface area contributed by atoms with Gasteiger partial charge in [-0.25, -0.2) is 0 Å². The van der Waals surface area contributed by atoms with Crippen molar-refractivity contribution in [2.75, 3.05) is 46.6 Å². The van der Waals surface area contributed by atoms with Gasteiger partial charge < -0.3 is 34.7 Å². The number of nitrogens with two attached hydrogens (primary N) is 1. The minimum absolute atomic E-state index is 0.0204. The Morgan fingerprint density at radius 3 is 2.47 bits per heavy atom. The zero-order valence-corrected chi connectivity index (χ0v) is 16.6. The zero-order chi connectivity index (χ0) is 21.5. The Morgan fingerprint density at radius 1 is 1.13 bits per heavy atom. The SMILES string of the molecule is COc1ccccc1Oc1c(OCCO)cc(C(=O)N2CCOCC2)cc1C(N)=O. The van der Waals surface area contributed by atoms with Gasteiger partial charge in [-0.05, 0) is 24.3 Å². The number of primary amides is 1. The maximum absolute atomic E-state index is 12.9. The minimum Gasteiger partial charge on any atom is -0.493 e. The first-order valence-corrected chi connectivity index (χ1v) is 9.44. The van der Waals surface area contributed by atoms with Gasteiger partial charge in [-0.3, -0.25) is 9.59 Å². The van der Waals surface area contributed by atoms with Gasteiger partial charge in [0.15, 0.2) is 23.0 Å². The van der Waals surface area contributed by atoms with E-state index in [0.29, 0.717) is 37.8 Å². The average Bonchev–Trinajstić information content (AvgIpc) is 2.78. The Kier molecular flexibility index (Phi) is 7.10. The molecule has 2 aromatic rings. The van der Waals surface area contributed by atoms with Gasteiger partial charge >= 0.3 is 0 Å². The normalized spacial score (nSPS) is 13.6. The summed E-state index contributed by atoms with van der Waals surface area (Å²) in [5, 5.41) is 9.18. The van der Waals surface area contributed by atoms with Crippen molar-refractivity contribution in [3.05, 3.63) is 47.5 Å². The molecule has 0 unspecified atom stereocenters. The highest BCUT2D eigenvalue weighted by Gasteiger charge is 2.25. The van der Waals surface area contributed by atoms with Gasteiger partial charge in [0.25, 0.3) is 11.8 Å². The fourth-order valence-corrected chi connectivity index (χ4v) is 3.04. The van der Waals surface area contributed by atoms with Gasteiger partial charge in [-0.15, -0.1) is 0 Å². The van der Waals surface area contributed by atoms with Crippen molar-refractivity contribution in [1.82, 2.24) is 4.90 Å². The highest BCUT2D eigenvalue weighted by atomic mass is 16.5. The van der Waals surface area contributed by atoms with Crippen LogP contribution in [0.15, 0.2) is 36.4 Å². The summed E-state index contributed by atoms with van der Waals surface area (Å²) >= 11 is 0. The molecule has 0 radical (unpaired) electrons. The van der Waals surface area contributed by atoms with Crippen LogP contribution in [0, 0.1) is 0 Å². The highest BCUT2D eigenvalue weighted by Crippen LogP contribution is 2.40. The number of carbonyl (C=O) groups is 2. The third kappa shape index (κ3) is 4.81. The number of ether oxygens (including phenoxy) is 4. The van der Waals surface area contributed by atoms with Gasteiger partial charge in [0, 0.05) is 18.7 Å². The van der Waals surface area contributed by atoms with Gasteiger partial charge in [0.2, 0.25) is 0 Å². The van der Waals surface area contributed by atoms with E-state index in [1.807, 2.05) is 0 Å². The molecule has 1 heterocycles. The van der Waals surface area contributed by atoms with Crippen LogP contribution < -0.4 is 19.9 Å². The fourth-order valence-electron chi connectivity index (χ4n) is 3.04. The number of rotatable bonds is 8. The number of carbonyl (C=O) groups excluding carboxylic acids is 2. The summed E-state index contributed by atoms with van der Waals surface area (Å²) in [6.07, 6.45) is 0. The topological polar surface area (TPSA) is 121 Å². The molecule has 1 aliphatic rings. The lowest BCUT2D eigenvalue weighted by molar-refractivity contribution is 0.0302. The van der Waals surface area contributed by atoms with E-state index in [2.05, 4.69) is 0 Å². The van der Waals surface area contributed by atoms with Crippen molar-refractivity contribution >= 4 is 11.8 Å². The van der Waals surface area contributed by atoms with E-state index in [1.165, 1.54) is 19.2 Å². The van der Waals surface area contributed by atoms with E-state index in [-0.39, 0.29) is 41.7 Å². The summed E-state index contributed by atoms with van der Waals surface area (Å²) < 4.78 is 22.1. The average molecular weight is 416 g/mol. The molecule has 9 nitrogen and oxygen atoms in total. The molecule has 0 aromatic heterocycles. The van der Waals surface area contributed by atoms with Crippen molar-refractivity contribution in [3.8, 4) is 23.0 Å². The van der Waals surface area contributed by atoms with Gasteiger partial charge in [-0.2, -0.15) is 0 Å². The molecule has 0 atom stereocenters. The molecular formula is C21H24N2O7. The summed E-state index contributed by atoms with van der Waals surface area (Å²) in [4.78, 5) is 26.8. The van der Waals surface area contributed by atoms with E-state index in [0.717, 1.165) is 0 Å². The molecule has 2 amide bonds. The van der Waals surface area contributed by atoms with E-state index in [4.69, 9.17) is 24.7 Å². The Labute approximate surface area is 173 Å². The second-order valence-electron chi connectivity index (χ2n) is 6.44.